The van der Waals surface area contributed by atoms with E-state index in [1.807, 2.05) is 6.20 Å². The molecule has 0 unspecified atom stereocenters. The van der Waals surface area contributed by atoms with Gasteiger partial charge in [-0.3, -0.25) is 0 Å². The molecule has 0 saturated carbocycles. The Balaban J connectivity index is 2.01. The van der Waals surface area contributed by atoms with Crippen LogP contribution in [0, 0.1) is 0 Å². The van der Waals surface area contributed by atoms with Crippen molar-refractivity contribution < 1.29 is 0 Å². The minimum atomic E-state index is 1.12. The molecule has 2 heterocycles. The summed E-state index contributed by atoms with van der Waals surface area (Å²) >= 11 is 0. The topological polar surface area (TPSA) is 17.8 Å². The maximum absolute atomic E-state index is 4.60. The summed E-state index contributed by atoms with van der Waals surface area (Å²) in [6.45, 7) is 1.12. The third kappa shape index (κ3) is 2.12. The van der Waals surface area contributed by atoms with E-state index in [2.05, 4.69) is 39.9 Å². The first kappa shape index (κ1) is 10.6. The maximum atomic E-state index is 4.60. The van der Waals surface area contributed by atoms with E-state index < -0.39 is 0 Å². The second-order valence-corrected chi connectivity index (χ2v) is 4.74. The molecule has 0 spiro atoms. The van der Waals surface area contributed by atoms with Crippen LogP contribution in [0.5, 0.6) is 0 Å². The first-order valence-corrected chi connectivity index (χ1v) is 6.55. The molecule has 1 aromatic carbocycles. The second-order valence-electron chi connectivity index (χ2n) is 4.74. The molecule has 3 rings (SSSR count). The molecule has 0 amide bonds. The lowest BCUT2D eigenvalue weighted by molar-refractivity contribution is 0.518. The monoisotopic (exact) mass is 226 g/mol. The van der Waals surface area contributed by atoms with E-state index in [4.69, 9.17) is 0 Å². The highest BCUT2D eigenvalue weighted by atomic mass is 15.1. The van der Waals surface area contributed by atoms with Crippen molar-refractivity contribution >= 4 is 0 Å². The van der Waals surface area contributed by atoms with Gasteiger partial charge in [0.15, 0.2) is 0 Å². The Kier molecular flexibility index (Phi) is 2.95. The molecule has 2 aromatic rings. The summed E-state index contributed by atoms with van der Waals surface area (Å²) in [4.78, 5) is 4.60. The second kappa shape index (κ2) is 4.74. The molecule has 0 radical (unpaired) electrons. The largest absolute Gasteiger partial charge is 0.328 e. The minimum absolute atomic E-state index is 1.12. The van der Waals surface area contributed by atoms with E-state index in [1.54, 1.807) is 0 Å². The number of imidazole rings is 1. The summed E-state index contributed by atoms with van der Waals surface area (Å²) in [5.41, 5.74) is 2.56. The molecule has 0 saturated heterocycles. The van der Waals surface area contributed by atoms with Crippen molar-refractivity contribution in [2.45, 2.75) is 38.6 Å². The molecule has 17 heavy (non-hydrogen) atoms. The van der Waals surface area contributed by atoms with E-state index in [0.717, 1.165) is 13.0 Å². The molecular formula is C15H18N2. The summed E-state index contributed by atoms with van der Waals surface area (Å²) in [6.07, 6.45) is 8.44. The van der Waals surface area contributed by atoms with Gasteiger partial charge in [-0.15, -0.1) is 0 Å². The summed E-state index contributed by atoms with van der Waals surface area (Å²) in [7, 11) is 0. The van der Waals surface area contributed by atoms with E-state index in [-0.39, 0.29) is 0 Å². The molecule has 0 atom stereocenters. The van der Waals surface area contributed by atoms with Crippen molar-refractivity contribution in [3.8, 4) is 11.3 Å². The average molecular weight is 226 g/mol. The predicted octanol–water partition coefficient (Wildman–Crippen LogP) is 3.67. The predicted molar refractivity (Wildman–Crippen MR) is 69.8 cm³/mol. The molecule has 0 aliphatic carbocycles. The number of aromatic nitrogens is 2. The lowest BCUT2D eigenvalue weighted by Gasteiger charge is -2.14. The molecule has 2 nitrogen and oxygen atoms in total. The van der Waals surface area contributed by atoms with Gasteiger partial charge >= 0.3 is 0 Å². The van der Waals surface area contributed by atoms with Gasteiger partial charge in [-0.05, 0) is 18.4 Å². The van der Waals surface area contributed by atoms with Gasteiger partial charge in [0, 0.05) is 13.0 Å². The van der Waals surface area contributed by atoms with Gasteiger partial charge in [-0.1, -0.05) is 43.2 Å². The van der Waals surface area contributed by atoms with Crippen LogP contribution in [-0.4, -0.2) is 9.55 Å². The highest BCUT2D eigenvalue weighted by Crippen LogP contribution is 2.23. The zero-order valence-corrected chi connectivity index (χ0v) is 10.1. The van der Waals surface area contributed by atoms with Crippen LogP contribution in [0.3, 0.4) is 0 Å². The van der Waals surface area contributed by atoms with E-state index >= 15 is 0 Å². The number of fused-ring (bicyclic) bond motifs is 1. The Hall–Kier alpha value is -1.57. The number of hydrogen-bond donors (Lipinski definition) is 0. The summed E-state index contributed by atoms with van der Waals surface area (Å²) in [5, 5.41) is 0. The number of rotatable bonds is 1. The van der Waals surface area contributed by atoms with Gasteiger partial charge in [-0.2, -0.15) is 0 Å². The fraction of sp³-hybridized carbons (Fsp3) is 0.400. The number of benzene rings is 1. The zero-order valence-electron chi connectivity index (χ0n) is 10.1. The van der Waals surface area contributed by atoms with Crippen LogP contribution in [0.15, 0.2) is 36.5 Å². The van der Waals surface area contributed by atoms with Crippen LogP contribution < -0.4 is 0 Å². The van der Waals surface area contributed by atoms with Crippen molar-refractivity contribution in [2.24, 2.45) is 0 Å². The molecule has 0 N–H and O–H groups in total. The average Bonchev–Trinajstić information content (AvgIpc) is 2.72. The fourth-order valence-electron chi connectivity index (χ4n) is 2.61. The summed E-state index contributed by atoms with van der Waals surface area (Å²) in [6, 6.07) is 10.6. The highest BCUT2D eigenvalue weighted by molar-refractivity contribution is 5.59. The Labute approximate surface area is 102 Å². The zero-order chi connectivity index (χ0) is 11.5. The first-order chi connectivity index (χ1) is 8.45. The molecule has 0 bridgehead atoms. The Morgan fingerprint density at radius 1 is 0.941 bits per heavy atom. The van der Waals surface area contributed by atoms with Gasteiger partial charge in [0.05, 0.1) is 11.9 Å². The van der Waals surface area contributed by atoms with Crippen LogP contribution in [0.1, 0.15) is 31.5 Å². The lowest BCUT2D eigenvalue weighted by atomic mass is 10.1. The standard InChI is InChI=1S/C15H18N2/c1-2-7-11-17-14(12-16-15(17)10-6-1)13-8-4-3-5-9-13/h3-5,8-9,12H,1-2,6-7,10-11H2. The normalized spacial score (nSPS) is 16.0. The van der Waals surface area contributed by atoms with Crippen molar-refractivity contribution in [1.29, 1.82) is 0 Å². The fourth-order valence-corrected chi connectivity index (χ4v) is 2.61. The molecule has 1 aromatic heterocycles. The van der Waals surface area contributed by atoms with E-state index in [0.29, 0.717) is 0 Å². The van der Waals surface area contributed by atoms with Gasteiger partial charge in [0.1, 0.15) is 5.82 Å². The highest BCUT2D eigenvalue weighted by Gasteiger charge is 2.12. The van der Waals surface area contributed by atoms with Gasteiger partial charge in [0.25, 0.3) is 0 Å². The number of aryl methyl sites for hydroxylation is 1. The third-order valence-corrected chi connectivity index (χ3v) is 3.54. The summed E-state index contributed by atoms with van der Waals surface area (Å²) < 4.78 is 2.41. The Morgan fingerprint density at radius 2 is 1.76 bits per heavy atom. The summed E-state index contributed by atoms with van der Waals surface area (Å²) in [5.74, 6) is 1.27. The molecule has 2 heteroatoms. The molecule has 88 valence electrons. The van der Waals surface area contributed by atoms with Crippen LogP contribution in [0.2, 0.25) is 0 Å². The van der Waals surface area contributed by atoms with Gasteiger partial charge in [-0.25, -0.2) is 4.98 Å². The van der Waals surface area contributed by atoms with E-state index in [1.165, 1.54) is 42.8 Å². The maximum Gasteiger partial charge on any atom is 0.109 e. The van der Waals surface area contributed by atoms with Crippen LogP contribution in [0.25, 0.3) is 11.3 Å². The van der Waals surface area contributed by atoms with Crippen molar-refractivity contribution in [3.63, 3.8) is 0 Å². The molecule has 0 fully saturated rings. The van der Waals surface area contributed by atoms with Crippen LogP contribution in [-0.2, 0) is 13.0 Å². The quantitative estimate of drug-likeness (QED) is 0.725. The minimum Gasteiger partial charge on any atom is -0.328 e. The molecule has 1 aliphatic heterocycles. The van der Waals surface area contributed by atoms with Gasteiger partial charge in [0.2, 0.25) is 0 Å². The van der Waals surface area contributed by atoms with Gasteiger partial charge < -0.3 is 4.57 Å². The number of nitrogens with zero attached hydrogens (tertiary/aromatic N) is 2. The lowest BCUT2D eigenvalue weighted by Crippen LogP contribution is -2.08. The van der Waals surface area contributed by atoms with Crippen molar-refractivity contribution in [1.82, 2.24) is 9.55 Å². The number of hydrogen-bond acceptors (Lipinski definition) is 1. The van der Waals surface area contributed by atoms with Crippen LogP contribution in [0.4, 0.5) is 0 Å². The molecule has 1 aliphatic rings. The SMILES string of the molecule is c1ccc(-c2cnc3n2CCCCCC3)cc1. The Morgan fingerprint density at radius 3 is 2.65 bits per heavy atom. The Bertz CT molecular complexity index is 485. The first-order valence-electron chi connectivity index (χ1n) is 6.55. The third-order valence-electron chi connectivity index (χ3n) is 3.54. The van der Waals surface area contributed by atoms with Crippen molar-refractivity contribution in [3.05, 3.63) is 42.4 Å². The molecular weight excluding hydrogens is 208 g/mol. The van der Waals surface area contributed by atoms with Crippen LogP contribution >= 0.6 is 0 Å². The van der Waals surface area contributed by atoms with Crippen molar-refractivity contribution in [2.75, 3.05) is 0 Å². The van der Waals surface area contributed by atoms with E-state index in [9.17, 15) is 0 Å². The smallest absolute Gasteiger partial charge is 0.109 e.